The van der Waals surface area contributed by atoms with Crippen LogP contribution in [-0.4, -0.2) is 47.2 Å². The molecule has 138 valence electrons. The normalized spacial score (nSPS) is 17.4. The fraction of sp³-hybridized carbons (Fsp3) is 0.429. The Balaban J connectivity index is 1.77. The van der Waals surface area contributed by atoms with Crippen molar-refractivity contribution >= 4 is 5.91 Å². The van der Waals surface area contributed by atoms with Crippen LogP contribution >= 0.6 is 0 Å². The zero-order valence-corrected chi connectivity index (χ0v) is 15.6. The van der Waals surface area contributed by atoms with Crippen molar-refractivity contribution in [2.24, 2.45) is 0 Å². The van der Waals surface area contributed by atoms with Gasteiger partial charge < -0.3 is 14.4 Å². The first-order valence-electron chi connectivity index (χ1n) is 9.01. The maximum absolute atomic E-state index is 13.0. The molecule has 26 heavy (non-hydrogen) atoms. The summed E-state index contributed by atoms with van der Waals surface area (Å²) in [4.78, 5) is 19.1. The maximum Gasteiger partial charge on any atom is 0.259 e. The van der Waals surface area contributed by atoms with Gasteiger partial charge in [-0.25, -0.2) is 4.98 Å². The van der Waals surface area contributed by atoms with Crippen LogP contribution in [0.1, 0.15) is 36.7 Å². The molecule has 2 heterocycles. The summed E-state index contributed by atoms with van der Waals surface area (Å²) in [5.41, 5.74) is 1.46. The average molecular weight is 354 g/mol. The minimum Gasteiger partial charge on any atom is -0.469 e. The van der Waals surface area contributed by atoms with Gasteiger partial charge in [0, 0.05) is 12.7 Å². The van der Waals surface area contributed by atoms with Crippen molar-refractivity contribution in [3.8, 4) is 5.88 Å². The number of hydrogen-bond acceptors (Lipinski definition) is 4. The number of carbonyl (C=O) groups is 1. The zero-order valence-electron chi connectivity index (χ0n) is 15.6. The van der Waals surface area contributed by atoms with Crippen LogP contribution in [0.4, 0.5) is 0 Å². The van der Waals surface area contributed by atoms with Gasteiger partial charge in [-0.2, -0.15) is 0 Å². The van der Waals surface area contributed by atoms with Gasteiger partial charge in [-0.15, -0.1) is 0 Å². The lowest BCUT2D eigenvalue weighted by Crippen LogP contribution is -2.41. The van der Waals surface area contributed by atoms with Crippen LogP contribution in [0, 0.1) is 0 Å². The second-order valence-corrected chi connectivity index (χ2v) is 7.51. The molecule has 0 radical (unpaired) electrons. The molecule has 1 aromatic carbocycles. The third-order valence-corrected chi connectivity index (χ3v) is 4.21. The molecule has 1 aromatic heterocycles. The van der Waals surface area contributed by atoms with Crippen molar-refractivity contribution in [2.75, 3.05) is 19.7 Å². The molecule has 5 nitrogen and oxygen atoms in total. The molecule has 1 aliphatic rings. The predicted octanol–water partition coefficient (Wildman–Crippen LogP) is 3.34. The minimum atomic E-state index is -0.262. The van der Waals surface area contributed by atoms with Crippen molar-refractivity contribution in [3.63, 3.8) is 0 Å². The summed E-state index contributed by atoms with van der Waals surface area (Å²) < 4.78 is 11.9. The molecule has 0 fully saturated rings. The monoisotopic (exact) mass is 354 g/mol. The molecule has 0 bridgehead atoms. The van der Waals surface area contributed by atoms with E-state index in [1.54, 1.807) is 18.3 Å². The number of pyridine rings is 1. The van der Waals surface area contributed by atoms with E-state index < -0.39 is 0 Å². The standard InChI is InChI=1S/C21H26N2O3/c1-21(2,3)25-15-17-14-23(13-11-16-8-5-4-6-9-16)20(24)18-10-7-12-22-19(18)26-17/h4-10,12,17H,11,13-15H2,1-3H3. The van der Waals surface area contributed by atoms with Gasteiger partial charge in [0.05, 0.1) is 18.8 Å². The van der Waals surface area contributed by atoms with Gasteiger partial charge in [0.25, 0.3) is 5.91 Å². The van der Waals surface area contributed by atoms with E-state index >= 15 is 0 Å². The van der Waals surface area contributed by atoms with Crippen LogP contribution in [0.15, 0.2) is 48.7 Å². The number of ether oxygens (including phenoxy) is 2. The van der Waals surface area contributed by atoms with Crippen LogP contribution in [0.3, 0.4) is 0 Å². The summed E-state index contributed by atoms with van der Waals surface area (Å²) in [5, 5.41) is 0. The topological polar surface area (TPSA) is 51.7 Å². The highest BCUT2D eigenvalue weighted by Crippen LogP contribution is 2.23. The molecular weight excluding hydrogens is 328 g/mol. The third kappa shape index (κ3) is 4.82. The first kappa shape index (κ1) is 18.4. The summed E-state index contributed by atoms with van der Waals surface area (Å²) in [7, 11) is 0. The summed E-state index contributed by atoms with van der Waals surface area (Å²) >= 11 is 0. The smallest absolute Gasteiger partial charge is 0.259 e. The number of amides is 1. The first-order valence-corrected chi connectivity index (χ1v) is 9.01. The summed E-state index contributed by atoms with van der Waals surface area (Å²) in [6.07, 6.45) is 2.20. The molecule has 1 unspecified atom stereocenters. The molecule has 1 aliphatic heterocycles. The summed E-state index contributed by atoms with van der Waals surface area (Å²) in [6.45, 7) is 7.55. The number of rotatable bonds is 5. The van der Waals surface area contributed by atoms with E-state index in [1.165, 1.54) is 5.56 Å². The van der Waals surface area contributed by atoms with E-state index in [9.17, 15) is 4.79 Å². The van der Waals surface area contributed by atoms with E-state index in [-0.39, 0.29) is 17.6 Å². The molecule has 0 N–H and O–H groups in total. The van der Waals surface area contributed by atoms with E-state index in [1.807, 2.05) is 43.9 Å². The molecule has 1 amide bonds. The molecule has 0 saturated carbocycles. The van der Waals surface area contributed by atoms with Gasteiger partial charge in [0.1, 0.15) is 11.7 Å². The number of nitrogens with zero attached hydrogens (tertiary/aromatic N) is 2. The lowest BCUT2D eigenvalue weighted by atomic mass is 10.1. The van der Waals surface area contributed by atoms with Gasteiger partial charge in [-0.05, 0) is 44.9 Å². The van der Waals surface area contributed by atoms with E-state index in [2.05, 4.69) is 17.1 Å². The Morgan fingerprint density at radius 1 is 1.19 bits per heavy atom. The van der Waals surface area contributed by atoms with Gasteiger partial charge in [0.2, 0.25) is 5.88 Å². The fourth-order valence-electron chi connectivity index (χ4n) is 2.87. The van der Waals surface area contributed by atoms with Crippen molar-refractivity contribution in [1.29, 1.82) is 0 Å². The zero-order chi connectivity index (χ0) is 18.6. The largest absolute Gasteiger partial charge is 0.469 e. The Labute approximate surface area is 155 Å². The maximum atomic E-state index is 13.0. The quantitative estimate of drug-likeness (QED) is 0.826. The van der Waals surface area contributed by atoms with Gasteiger partial charge in [0.15, 0.2) is 0 Å². The highest BCUT2D eigenvalue weighted by molar-refractivity contribution is 5.96. The van der Waals surface area contributed by atoms with E-state index in [4.69, 9.17) is 9.47 Å². The molecule has 5 heteroatoms. The Morgan fingerprint density at radius 3 is 2.69 bits per heavy atom. The van der Waals surface area contributed by atoms with Crippen molar-refractivity contribution in [3.05, 3.63) is 59.8 Å². The SMILES string of the molecule is CC(C)(C)OCC1CN(CCc2ccccc2)C(=O)c2cccnc2O1. The average Bonchev–Trinajstić information content (AvgIpc) is 2.76. The van der Waals surface area contributed by atoms with Crippen LogP contribution in [0.5, 0.6) is 5.88 Å². The number of carbonyl (C=O) groups excluding carboxylic acids is 1. The number of fused-ring (bicyclic) bond motifs is 1. The van der Waals surface area contributed by atoms with Crippen LogP contribution in [0.2, 0.25) is 0 Å². The Morgan fingerprint density at radius 2 is 1.96 bits per heavy atom. The van der Waals surface area contributed by atoms with E-state index in [0.29, 0.717) is 31.1 Å². The number of benzene rings is 1. The molecule has 2 aromatic rings. The van der Waals surface area contributed by atoms with Crippen molar-refractivity contribution in [1.82, 2.24) is 9.88 Å². The van der Waals surface area contributed by atoms with Crippen LogP contribution in [0.25, 0.3) is 0 Å². The predicted molar refractivity (Wildman–Crippen MR) is 100 cm³/mol. The van der Waals surface area contributed by atoms with E-state index in [0.717, 1.165) is 6.42 Å². The highest BCUT2D eigenvalue weighted by Gasteiger charge is 2.30. The summed E-state index contributed by atoms with van der Waals surface area (Å²) in [5.74, 6) is 0.351. The lowest BCUT2D eigenvalue weighted by molar-refractivity contribution is -0.0461. The van der Waals surface area contributed by atoms with Gasteiger partial charge >= 0.3 is 0 Å². The Kier molecular flexibility index (Phi) is 5.57. The number of aromatic nitrogens is 1. The molecule has 0 aliphatic carbocycles. The van der Waals surface area contributed by atoms with Crippen molar-refractivity contribution in [2.45, 2.75) is 38.9 Å². The second kappa shape index (κ2) is 7.87. The first-order chi connectivity index (χ1) is 12.4. The second-order valence-electron chi connectivity index (χ2n) is 7.51. The van der Waals surface area contributed by atoms with Gasteiger partial charge in [-0.1, -0.05) is 30.3 Å². The highest BCUT2D eigenvalue weighted by atomic mass is 16.5. The van der Waals surface area contributed by atoms with Crippen LogP contribution in [-0.2, 0) is 11.2 Å². The fourth-order valence-corrected chi connectivity index (χ4v) is 2.87. The minimum absolute atomic E-state index is 0.0395. The number of hydrogen-bond donors (Lipinski definition) is 0. The lowest BCUT2D eigenvalue weighted by Gasteiger charge is -2.27. The Hall–Kier alpha value is -2.40. The molecule has 1 atom stereocenters. The van der Waals surface area contributed by atoms with Crippen molar-refractivity contribution < 1.29 is 14.3 Å². The molecule has 0 saturated heterocycles. The third-order valence-electron chi connectivity index (χ3n) is 4.21. The Bertz CT molecular complexity index is 740. The summed E-state index contributed by atoms with van der Waals surface area (Å²) in [6, 6.07) is 13.7. The molecule has 3 rings (SSSR count). The van der Waals surface area contributed by atoms with Crippen LogP contribution < -0.4 is 4.74 Å². The molecular formula is C21H26N2O3. The molecule has 0 spiro atoms. The van der Waals surface area contributed by atoms with Gasteiger partial charge in [-0.3, -0.25) is 4.79 Å².